The summed E-state index contributed by atoms with van der Waals surface area (Å²) in [4.78, 5) is 57.2. The molecule has 2 aromatic heterocycles. The van der Waals surface area contributed by atoms with E-state index in [1.807, 2.05) is 60.7 Å². The molecule has 2 N–H and O–H groups in total. The van der Waals surface area contributed by atoms with Crippen LogP contribution in [0.15, 0.2) is 86.5 Å². The van der Waals surface area contributed by atoms with E-state index in [1.165, 1.54) is 51.1 Å². The predicted octanol–water partition coefficient (Wildman–Crippen LogP) is 3.84. The maximum Gasteiger partial charge on any atom is 0.356 e. The van der Waals surface area contributed by atoms with Crippen molar-refractivity contribution in [2.75, 3.05) is 11.1 Å². The molecule has 0 radical (unpaired) electrons. The molecule has 15 heteroatoms. The molecule has 11 nitrogen and oxygen atoms in total. The summed E-state index contributed by atoms with van der Waals surface area (Å²) in [6.45, 7) is 0. The zero-order valence-electron chi connectivity index (χ0n) is 22.1. The Bertz CT molecular complexity index is 1630. The Morgan fingerprint density at radius 2 is 1.81 bits per heavy atom. The molecule has 0 unspecified atom stereocenters. The summed E-state index contributed by atoms with van der Waals surface area (Å²) in [6, 6.07) is 18.0. The van der Waals surface area contributed by atoms with E-state index in [9.17, 15) is 19.2 Å². The number of anilines is 1. The van der Waals surface area contributed by atoms with Gasteiger partial charge in [-0.05, 0) is 11.1 Å². The number of thioether (sulfide) groups is 2. The van der Waals surface area contributed by atoms with Gasteiger partial charge in [-0.2, -0.15) is 0 Å². The van der Waals surface area contributed by atoms with Crippen LogP contribution in [0, 0.1) is 0 Å². The number of carbonyl (C=O) groups excluding carboxylic acids is 4. The number of hydrogen-bond acceptors (Lipinski definition) is 12. The first kappa shape index (κ1) is 29.0. The maximum absolute atomic E-state index is 14.0. The SMILES string of the molecule is O=CNc1nc(CC(=O)N[C@@H]2C(=O)N3C(C(=O)OC(c4ccccc4)c4ccccc4)=C(Sc4nncs4)CS[C@@H]23)cs1. The van der Waals surface area contributed by atoms with Crippen LogP contribution in [0.2, 0.25) is 0 Å². The second kappa shape index (κ2) is 13.1. The van der Waals surface area contributed by atoms with E-state index in [0.29, 0.717) is 32.2 Å². The second-order valence-corrected chi connectivity index (χ2v) is 13.4. The number of amides is 3. The summed E-state index contributed by atoms with van der Waals surface area (Å²) in [5.41, 5.74) is 3.79. The highest BCUT2D eigenvalue weighted by molar-refractivity contribution is 8.07. The fraction of sp³-hybridized carbons (Fsp3) is 0.179. The van der Waals surface area contributed by atoms with Crippen molar-refractivity contribution in [1.82, 2.24) is 25.4 Å². The van der Waals surface area contributed by atoms with E-state index in [0.717, 1.165) is 11.1 Å². The molecule has 1 saturated heterocycles. The molecule has 218 valence electrons. The number of nitrogens with one attached hydrogen (secondary N) is 2. The number of esters is 1. The number of ether oxygens (including phenoxy) is 1. The first-order valence-corrected chi connectivity index (χ1v) is 16.5. The lowest BCUT2D eigenvalue weighted by molar-refractivity contribution is -0.154. The number of carbonyl (C=O) groups is 4. The Kier molecular flexibility index (Phi) is 8.83. The molecular weight excluding hydrogens is 629 g/mol. The number of rotatable bonds is 11. The van der Waals surface area contributed by atoms with Crippen molar-refractivity contribution in [1.29, 1.82) is 0 Å². The maximum atomic E-state index is 14.0. The number of benzene rings is 2. The third-order valence-electron chi connectivity index (χ3n) is 6.50. The number of aromatic nitrogens is 3. The van der Waals surface area contributed by atoms with E-state index in [-0.39, 0.29) is 12.1 Å². The van der Waals surface area contributed by atoms with E-state index >= 15 is 0 Å². The van der Waals surface area contributed by atoms with Gasteiger partial charge in [0.1, 0.15) is 22.6 Å². The summed E-state index contributed by atoms with van der Waals surface area (Å²) in [7, 11) is 0. The minimum Gasteiger partial charge on any atom is -0.448 e. The average molecular weight is 651 g/mol. The van der Waals surface area contributed by atoms with E-state index in [4.69, 9.17) is 4.74 Å². The smallest absolute Gasteiger partial charge is 0.356 e. The molecule has 2 aromatic carbocycles. The van der Waals surface area contributed by atoms with Crippen molar-refractivity contribution < 1.29 is 23.9 Å². The molecule has 43 heavy (non-hydrogen) atoms. The van der Waals surface area contributed by atoms with E-state index < -0.39 is 35.3 Å². The molecule has 6 rings (SSSR count). The minimum atomic E-state index is -0.821. The fourth-order valence-corrected chi connectivity index (χ4v) is 8.40. The second-order valence-electron chi connectivity index (χ2n) is 9.22. The van der Waals surface area contributed by atoms with Gasteiger partial charge in [-0.15, -0.1) is 33.3 Å². The highest BCUT2D eigenvalue weighted by Gasteiger charge is 2.55. The van der Waals surface area contributed by atoms with Gasteiger partial charge in [0.15, 0.2) is 15.6 Å². The van der Waals surface area contributed by atoms with Crippen molar-refractivity contribution in [2.24, 2.45) is 0 Å². The molecular formula is C28H22N6O5S4. The molecule has 4 aromatic rings. The van der Waals surface area contributed by atoms with Gasteiger partial charge in [-0.25, -0.2) is 9.78 Å². The molecule has 0 saturated carbocycles. The number of thiazole rings is 1. The highest BCUT2D eigenvalue weighted by atomic mass is 32.2. The highest BCUT2D eigenvalue weighted by Crippen LogP contribution is 2.46. The lowest BCUT2D eigenvalue weighted by atomic mass is 10.0. The standard InChI is InChI=1S/C28H22N6O5S4/c35-14-29-27-31-18(12-41-27)11-20(36)32-21-24(37)34-22(19(13-40-25(21)34)43-28-33-30-15-42-28)26(38)39-23(16-7-3-1-4-8-16)17-9-5-2-6-10-17/h1-10,12,14-15,21,23,25H,11,13H2,(H,32,36)(H,29,31,35)/t21-,25+/m1/s1. The summed E-state index contributed by atoms with van der Waals surface area (Å²) in [5.74, 6) is -1.04. The summed E-state index contributed by atoms with van der Waals surface area (Å²) >= 11 is 5.25. The molecule has 4 heterocycles. The van der Waals surface area contributed by atoms with Gasteiger partial charge in [0, 0.05) is 16.0 Å². The van der Waals surface area contributed by atoms with Gasteiger partial charge in [0.05, 0.1) is 12.1 Å². The fourth-order valence-electron chi connectivity index (χ4n) is 4.61. The van der Waals surface area contributed by atoms with Crippen LogP contribution in [-0.4, -0.2) is 61.4 Å². The molecule has 2 atom stereocenters. The number of β-lactam (4-membered cyclic amide) rings is 1. The summed E-state index contributed by atoms with van der Waals surface area (Å²) in [6.07, 6.45) is -0.247. The quantitative estimate of drug-likeness (QED) is 0.140. The van der Waals surface area contributed by atoms with Crippen molar-refractivity contribution in [2.45, 2.75) is 28.3 Å². The average Bonchev–Trinajstić information content (AvgIpc) is 3.71. The van der Waals surface area contributed by atoms with Gasteiger partial charge in [-0.3, -0.25) is 19.3 Å². The topological polar surface area (TPSA) is 143 Å². The Hall–Kier alpha value is -4.05. The van der Waals surface area contributed by atoms with Crippen molar-refractivity contribution in [3.05, 3.63) is 99.0 Å². The van der Waals surface area contributed by atoms with Crippen LogP contribution in [0.5, 0.6) is 0 Å². The first-order chi connectivity index (χ1) is 21.0. The van der Waals surface area contributed by atoms with Crippen molar-refractivity contribution >= 4 is 75.5 Å². The molecule has 0 aliphatic carbocycles. The van der Waals surface area contributed by atoms with Gasteiger partial charge in [-0.1, -0.05) is 83.8 Å². The minimum absolute atomic E-state index is 0.0586. The Labute approximate surface area is 262 Å². The van der Waals surface area contributed by atoms with Crippen LogP contribution in [0.3, 0.4) is 0 Å². The molecule has 0 spiro atoms. The van der Waals surface area contributed by atoms with Gasteiger partial charge < -0.3 is 15.4 Å². The molecule has 3 amide bonds. The Morgan fingerprint density at radius 1 is 1.09 bits per heavy atom. The van der Waals surface area contributed by atoms with Crippen LogP contribution in [0.1, 0.15) is 22.9 Å². The number of nitrogens with zero attached hydrogens (tertiary/aromatic N) is 4. The van der Waals surface area contributed by atoms with Crippen molar-refractivity contribution in [3.8, 4) is 0 Å². The number of fused-ring (bicyclic) bond motifs is 1. The van der Waals surface area contributed by atoms with Crippen LogP contribution in [0.25, 0.3) is 0 Å². The monoisotopic (exact) mass is 650 g/mol. The Balaban J connectivity index is 1.24. The summed E-state index contributed by atoms with van der Waals surface area (Å²) < 4.78 is 6.79. The molecule has 0 bridgehead atoms. The zero-order valence-corrected chi connectivity index (χ0v) is 25.4. The van der Waals surface area contributed by atoms with E-state index in [1.54, 1.807) is 10.9 Å². The first-order valence-electron chi connectivity index (χ1n) is 12.9. The number of hydrogen-bond donors (Lipinski definition) is 2. The normalized spacial score (nSPS) is 17.7. The largest absolute Gasteiger partial charge is 0.448 e. The predicted molar refractivity (Wildman–Crippen MR) is 164 cm³/mol. The summed E-state index contributed by atoms with van der Waals surface area (Å²) in [5, 5.41) is 14.8. The van der Waals surface area contributed by atoms with Crippen LogP contribution in [0.4, 0.5) is 5.13 Å². The zero-order chi connectivity index (χ0) is 29.8. The lowest BCUT2D eigenvalue weighted by Gasteiger charge is -2.49. The van der Waals surface area contributed by atoms with Crippen LogP contribution < -0.4 is 10.6 Å². The third kappa shape index (κ3) is 6.34. The Morgan fingerprint density at radius 3 is 2.47 bits per heavy atom. The molecule has 2 aliphatic heterocycles. The van der Waals surface area contributed by atoms with Gasteiger partial charge in [0.25, 0.3) is 5.91 Å². The van der Waals surface area contributed by atoms with Gasteiger partial charge >= 0.3 is 5.97 Å². The molecule has 2 aliphatic rings. The van der Waals surface area contributed by atoms with Crippen LogP contribution >= 0.6 is 46.2 Å². The third-order valence-corrected chi connectivity index (χ3v) is 10.6. The van der Waals surface area contributed by atoms with E-state index in [2.05, 4.69) is 25.8 Å². The van der Waals surface area contributed by atoms with Gasteiger partial charge in [0.2, 0.25) is 12.3 Å². The molecule has 1 fully saturated rings. The lowest BCUT2D eigenvalue weighted by Crippen LogP contribution is -2.70. The van der Waals surface area contributed by atoms with Crippen LogP contribution in [-0.2, 0) is 30.3 Å². The van der Waals surface area contributed by atoms with Crippen molar-refractivity contribution in [3.63, 3.8) is 0 Å².